The molecular formula is C11H13BrN2O3. The molecule has 17 heavy (non-hydrogen) atoms. The molecule has 0 saturated carbocycles. The number of hydrogen-bond acceptors (Lipinski definition) is 5. The summed E-state index contributed by atoms with van der Waals surface area (Å²) in [5.41, 5.74) is 0.437. The molecule has 1 aromatic rings. The Morgan fingerprint density at radius 3 is 2.76 bits per heavy atom. The minimum atomic E-state index is -0.386. The maximum atomic E-state index is 11.3. The fraction of sp³-hybridized carbons (Fsp3) is 0.455. The molecule has 0 aromatic carbocycles. The zero-order chi connectivity index (χ0) is 12.4. The third-order valence-electron chi connectivity index (χ3n) is 2.72. The monoisotopic (exact) mass is 300 g/mol. The Hall–Kier alpha value is -1.14. The van der Waals surface area contributed by atoms with Crippen LogP contribution in [0.4, 0.5) is 5.82 Å². The Balaban J connectivity index is 2.13. The number of hydrogen-bond donors (Lipinski definition) is 0. The van der Waals surface area contributed by atoms with Crippen LogP contribution in [0.15, 0.2) is 16.7 Å². The molecule has 92 valence electrons. The molecule has 0 radical (unpaired) electrons. The quantitative estimate of drug-likeness (QED) is 0.791. The van der Waals surface area contributed by atoms with E-state index in [1.54, 1.807) is 13.2 Å². The second-order valence-corrected chi connectivity index (χ2v) is 4.64. The molecule has 0 unspecified atom stereocenters. The van der Waals surface area contributed by atoms with Crippen LogP contribution in [-0.4, -0.2) is 44.4 Å². The maximum absolute atomic E-state index is 11.3. The molecule has 1 aliphatic rings. The third-order valence-corrected chi connectivity index (χ3v) is 3.31. The number of methoxy groups -OCH3 is 2. The Morgan fingerprint density at radius 2 is 2.24 bits per heavy atom. The fourth-order valence-electron chi connectivity index (χ4n) is 1.65. The first-order valence-corrected chi connectivity index (χ1v) is 5.96. The molecule has 6 heteroatoms. The van der Waals surface area contributed by atoms with Gasteiger partial charge in [-0.1, -0.05) is 0 Å². The van der Waals surface area contributed by atoms with E-state index in [-0.39, 0.29) is 12.1 Å². The van der Waals surface area contributed by atoms with E-state index in [4.69, 9.17) is 4.74 Å². The lowest BCUT2D eigenvalue weighted by Crippen LogP contribution is -2.52. The van der Waals surface area contributed by atoms with Gasteiger partial charge in [-0.15, -0.1) is 0 Å². The van der Waals surface area contributed by atoms with Gasteiger partial charge in [-0.05, 0) is 22.0 Å². The summed E-state index contributed by atoms with van der Waals surface area (Å²) in [4.78, 5) is 17.7. The lowest BCUT2D eigenvalue weighted by Gasteiger charge is -2.39. The smallest absolute Gasteiger partial charge is 0.339 e. The van der Waals surface area contributed by atoms with Gasteiger partial charge < -0.3 is 14.4 Å². The van der Waals surface area contributed by atoms with Gasteiger partial charge in [-0.3, -0.25) is 0 Å². The molecule has 2 rings (SSSR count). The molecule has 0 amide bonds. The van der Waals surface area contributed by atoms with Crippen LogP contribution >= 0.6 is 15.9 Å². The highest BCUT2D eigenvalue weighted by Crippen LogP contribution is 2.28. The van der Waals surface area contributed by atoms with Crippen LogP contribution in [0.3, 0.4) is 0 Å². The molecule has 0 bridgehead atoms. The van der Waals surface area contributed by atoms with Gasteiger partial charge >= 0.3 is 5.97 Å². The molecule has 0 spiro atoms. The normalized spacial score (nSPS) is 15.6. The van der Waals surface area contributed by atoms with E-state index >= 15 is 0 Å². The van der Waals surface area contributed by atoms with E-state index in [1.807, 2.05) is 0 Å². The highest BCUT2D eigenvalue weighted by Gasteiger charge is 2.29. The Morgan fingerprint density at radius 1 is 1.53 bits per heavy atom. The third kappa shape index (κ3) is 2.42. The molecule has 0 N–H and O–H groups in total. The Bertz CT molecular complexity index is 433. The first-order valence-electron chi connectivity index (χ1n) is 5.17. The van der Waals surface area contributed by atoms with Gasteiger partial charge in [0.25, 0.3) is 0 Å². The number of carbonyl (C=O) groups excluding carboxylic acids is 1. The molecule has 2 heterocycles. The molecule has 1 saturated heterocycles. The van der Waals surface area contributed by atoms with Crippen LogP contribution in [0.5, 0.6) is 0 Å². The van der Waals surface area contributed by atoms with E-state index in [1.165, 1.54) is 13.3 Å². The fourth-order valence-corrected chi connectivity index (χ4v) is 2.25. The van der Waals surface area contributed by atoms with Crippen molar-refractivity contribution in [1.82, 2.24) is 4.98 Å². The number of esters is 1. The van der Waals surface area contributed by atoms with Gasteiger partial charge in [0, 0.05) is 26.4 Å². The van der Waals surface area contributed by atoms with E-state index in [2.05, 4.69) is 30.6 Å². The summed E-state index contributed by atoms with van der Waals surface area (Å²) in [7, 11) is 3.05. The zero-order valence-electron chi connectivity index (χ0n) is 9.64. The number of carbonyl (C=O) groups is 1. The van der Waals surface area contributed by atoms with Gasteiger partial charge in [0.1, 0.15) is 5.82 Å². The minimum Gasteiger partial charge on any atom is -0.465 e. The lowest BCUT2D eigenvalue weighted by atomic mass is 10.1. The van der Waals surface area contributed by atoms with E-state index < -0.39 is 0 Å². The summed E-state index contributed by atoms with van der Waals surface area (Å²) >= 11 is 3.41. The molecule has 1 fully saturated rings. The number of pyridine rings is 1. The lowest BCUT2D eigenvalue weighted by molar-refractivity contribution is 0.0600. The Kier molecular flexibility index (Phi) is 3.63. The van der Waals surface area contributed by atoms with Crippen molar-refractivity contribution in [2.45, 2.75) is 6.10 Å². The second-order valence-electron chi connectivity index (χ2n) is 3.78. The number of ether oxygens (including phenoxy) is 2. The van der Waals surface area contributed by atoms with Gasteiger partial charge in [0.2, 0.25) is 0 Å². The number of anilines is 1. The number of nitrogens with zero attached hydrogens (tertiary/aromatic N) is 2. The highest BCUT2D eigenvalue weighted by atomic mass is 79.9. The van der Waals surface area contributed by atoms with Gasteiger partial charge in [-0.2, -0.15) is 0 Å². The molecule has 1 aliphatic heterocycles. The second kappa shape index (κ2) is 5.01. The van der Waals surface area contributed by atoms with Crippen LogP contribution in [0.1, 0.15) is 10.4 Å². The van der Waals surface area contributed by atoms with Gasteiger partial charge in [0.15, 0.2) is 0 Å². The van der Waals surface area contributed by atoms with Crippen LogP contribution in [0.2, 0.25) is 0 Å². The van der Waals surface area contributed by atoms with Crippen molar-refractivity contribution in [3.05, 3.63) is 22.3 Å². The SMILES string of the molecule is COC(=O)c1cnc(N2CC(OC)C2)c(Br)c1. The number of aromatic nitrogens is 1. The number of halogens is 1. The predicted octanol–water partition coefficient (Wildman–Crippen LogP) is 1.47. The van der Waals surface area contributed by atoms with Crippen molar-refractivity contribution >= 4 is 27.7 Å². The van der Waals surface area contributed by atoms with Crippen molar-refractivity contribution < 1.29 is 14.3 Å². The van der Waals surface area contributed by atoms with Crippen molar-refractivity contribution in [1.29, 1.82) is 0 Å². The Labute approximate surface area is 108 Å². The van der Waals surface area contributed by atoms with Crippen molar-refractivity contribution in [2.24, 2.45) is 0 Å². The zero-order valence-corrected chi connectivity index (χ0v) is 11.2. The van der Waals surface area contributed by atoms with Crippen molar-refractivity contribution in [3.63, 3.8) is 0 Å². The maximum Gasteiger partial charge on any atom is 0.339 e. The summed E-state index contributed by atoms with van der Waals surface area (Å²) in [5, 5.41) is 0. The molecule has 0 aliphatic carbocycles. The molecular weight excluding hydrogens is 288 g/mol. The summed E-state index contributed by atoms with van der Waals surface area (Å²) in [6.07, 6.45) is 1.79. The summed E-state index contributed by atoms with van der Waals surface area (Å²) in [6, 6.07) is 1.72. The average molecular weight is 301 g/mol. The predicted molar refractivity (Wildman–Crippen MR) is 66.3 cm³/mol. The molecule has 1 aromatic heterocycles. The van der Waals surface area contributed by atoms with Crippen LogP contribution < -0.4 is 4.90 Å². The summed E-state index contributed by atoms with van der Waals surface area (Å²) in [6.45, 7) is 1.64. The highest BCUT2D eigenvalue weighted by molar-refractivity contribution is 9.10. The average Bonchev–Trinajstić information content (AvgIpc) is 2.28. The van der Waals surface area contributed by atoms with E-state index in [0.717, 1.165) is 23.4 Å². The van der Waals surface area contributed by atoms with Crippen molar-refractivity contribution in [2.75, 3.05) is 32.2 Å². The largest absolute Gasteiger partial charge is 0.465 e. The van der Waals surface area contributed by atoms with Gasteiger partial charge in [-0.25, -0.2) is 9.78 Å². The van der Waals surface area contributed by atoms with E-state index in [9.17, 15) is 4.79 Å². The van der Waals surface area contributed by atoms with Gasteiger partial charge in [0.05, 0.1) is 23.2 Å². The first-order chi connectivity index (χ1) is 8.15. The standard InChI is InChI=1S/C11H13BrN2O3/c1-16-8-5-14(6-8)10-9(12)3-7(4-13-10)11(15)17-2/h3-4,8H,5-6H2,1-2H3. The van der Waals surface area contributed by atoms with Crippen LogP contribution in [0, 0.1) is 0 Å². The van der Waals surface area contributed by atoms with Crippen LogP contribution in [0.25, 0.3) is 0 Å². The molecule has 5 nitrogen and oxygen atoms in total. The topological polar surface area (TPSA) is 51.7 Å². The number of rotatable bonds is 3. The molecule has 0 atom stereocenters. The summed E-state index contributed by atoms with van der Waals surface area (Å²) < 4.78 is 10.6. The van der Waals surface area contributed by atoms with Crippen LogP contribution in [-0.2, 0) is 9.47 Å². The van der Waals surface area contributed by atoms with Crippen molar-refractivity contribution in [3.8, 4) is 0 Å². The minimum absolute atomic E-state index is 0.268. The van der Waals surface area contributed by atoms with E-state index in [0.29, 0.717) is 5.56 Å². The first kappa shape index (κ1) is 12.3. The summed E-state index contributed by atoms with van der Waals surface area (Å²) in [5.74, 6) is 0.439.